The van der Waals surface area contributed by atoms with Crippen LogP contribution >= 0.6 is 11.6 Å². The predicted molar refractivity (Wildman–Crippen MR) is 128 cm³/mol. The first-order valence-corrected chi connectivity index (χ1v) is 10.7. The molecule has 33 heavy (non-hydrogen) atoms. The van der Waals surface area contributed by atoms with Crippen LogP contribution in [0.5, 0.6) is 0 Å². The zero-order chi connectivity index (χ0) is 22.9. The van der Waals surface area contributed by atoms with E-state index in [0.717, 1.165) is 16.3 Å². The van der Waals surface area contributed by atoms with Gasteiger partial charge in [-0.2, -0.15) is 0 Å². The summed E-state index contributed by atoms with van der Waals surface area (Å²) in [5.74, 6) is -1.30. The number of carbonyl (C=O) groups is 2. The molecular weight excluding hydrogens is 439 g/mol. The van der Waals surface area contributed by atoms with E-state index in [4.69, 9.17) is 11.6 Å². The number of hydrogen-bond acceptors (Lipinski definition) is 3. The number of benzene rings is 4. The van der Waals surface area contributed by atoms with Crippen LogP contribution in [-0.4, -0.2) is 16.7 Å². The molecule has 0 radical (unpaired) electrons. The fraction of sp³-hybridized carbons (Fsp3) is 0.0370. The fourth-order valence-electron chi connectivity index (χ4n) is 3.96. The van der Waals surface area contributed by atoms with Crippen molar-refractivity contribution in [3.63, 3.8) is 0 Å². The Morgan fingerprint density at radius 1 is 0.788 bits per heavy atom. The summed E-state index contributed by atoms with van der Waals surface area (Å²) in [6.45, 7) is 0.0975. The number of halogens is 2. The molecule has 1 N–H and O–H groups in total. The molecule has 0 saturated carbocycles. The molecular formula is C27H18ClFN2O2. The number of nitrogens with one attached hydrogen (secondary N) is 1. The van der Waals surface area contributed by atoms with Crippen molar-refractivity contribution < 1.29 is 14.0 Å². The third-order valence-electron chi connectivity index (χ3n) is 5.60. The Morgan fingerprint density at radius 2 is 1.48 bits per heavy atom. The van der Waals surface area contributed by atoms with Crippen LogP contribution in [-0.2, 0) is 16.1 Å². The summed E-state index contributed by atoms with van der Waals surface area (Å²) in [5.41, 5.74) is 2.32. The summed E-state index contributed by atoms with van der Waals surface area (Å²) in [7, 11) is 0. The first-order valence-electron chi connectivity index (χ1n) is 10.4. The summed E-state index contributed by atoms with van der Waals surface area (Å²) >= 11 is 5.97. The van der Waals surface area contributed by atoms with Gasteiger partial charge in [-0.05, 0) is 46.8 Å². The number of nitrogens with zero attached hydrogens (tertiary/aromatic N) is 1. The van der Waals surface area contributed by atoms with Gasteiger partial charge in [0, 0.05) is 16.1 Å². The summed E-state index contributed by atoms with van der Waals surface area (Å²) in [4.78, 5) is 28.1. The molecule has 0 bridgehead atoms. The molecule has 0 spiro atoms. The molecule has 4 nitrogen and oxygen atoms in total. The lowest BCUT2D eigenvalue weighted by Crippen LogP contribution is -2.32. The number of hydrogen-bond donors (Lipinski definition) is 1. The van der Waals surface area contributed by atoms with Gasteiger partial charge in [0.1, 0.15) is 11.5 Å². The average molecular weight is 457 g/mol. The smallest absolute Gasteiger partial charge is 0.278 e. The van der Waals surface area contributed by atoms with Gasteiger partial charge in [-0.3, -0.25) is 14.5 Å². The van der Waals surface area contributed by atoms with Crippen LogP contribution in [0.15, 0.2) is 96.7 Å². The minimum atomic E-state index is -0.442. The zero-order valence-corrected chi connectivity index (χ0v) is 18.1. The molecule has 0 atom stereocenters. The molecule has 1 aliphatic heterocycles. The molecule has 0 saturated heterocycles. The molecule has 0 aromatic heterocycles. The van der Waals surface area contributed by atoms with Crippen molar-refractivity contribution in [2.24, 2.45) is 0 Å². The van der Waals surface area contributed by atoms with Gasteiger partial charge in [0.05, 0.1) is 12.1 Å². The second kappa shape index (κ2) is 8.52. The predicted octanol–water partition coefficient (Wildman–Crippen LogP) is 6.02. The lowest BCUT2D eigenvalue weighted by atomic mass is 10.0. The van der Waals surface area contributed by atoms with Gasteiger partial charge in [-0.25, -0.2) is 4.39 Å². The molecule has 0 aliphatic carbocycles. The number of carbonyl (C=O) groups excluding carboxylic acids is 2. The van der Waals surface area contributed by atoms with Crippen LogP contribution in [0.25, 0.3) is 16.3 Å². The van der Waals surface area contributed by atoms with E-state index in [2.05, 4.69) is 5.32 Å². The average Bonchev–Trinajstić information content (AvgIpc) is 3.05. The third kappa shape index (κ3) is 3.99. The Balaban J connectivity index is 1.58. The van der Waals surface area contributed by atoms with Crippen molar-refractivity contribution in [2.45, 2.75) is 6.54 Å². The minimum absolute atomic E-state index is 0.0975. The van der Waals surface area contributed by atoms with Crippen LogP contribution in [0.3, 0.4) is 0 Å². The van der Waals surface area contributed by atoms with Crippen LogP contribution in [0.4, 0.5) is 10.1 Å². The second-order valence-electron chi connectivity index (χ2n) is 7.73. The molecule has 6 heteroatoms. The number of imide groups is 1. The molecule has 162 valence electrons. The quantitative estimate of drug-likeness (QED) is 0.373. The van der Waals surface area contributed by atoms with Gasteiger partial charge >= 0.3 is 0 Å². The van der Waals surface area contributed by atoms with E-state index < -0.39 is 17.6 Å². The van der Waals surface area contributed by atoms with E-state index >= 15 is 0 Å². The van der Waals surface area contributed by atoms with Gasteiger partial charge in [0.2, 0.25) is 0 Å². The zero-order valence-electron chi connectivity index (χ0n) is 17.4. The van der Waals surface area contributed by atoms with Crippen molar-refractivity contribution in [3.8, 4) is 0 Å². The Kier molecular flexibility index (Phi) is 5.40. The number of fused-ring (bicyclic) bond motifs is 1. The van der Waals surface area contributed by atoms with E-state index in [1.807, 2.05) is 42.5 Å². The van der Waals surface area contributed by atoms with Crippen LogP contribution in [0, 0.1) is 5.82 Å². The Morgan fingerprint density at radius 3 is 2.24 bits per heavy atom. The number of amides is 2. The van der Waals surface area contributed by atoms with Crippen LogP contribution < -0.4 is 5.32 Å². The number of rotatable bonds is 5. The Labute approximate surface area is 194 Å². The highest BCUT2D eigenvalue weighted by molar-refractivity contribution is 6.36. The Hall–Kier alpha value is -3.96. The Bertz CT molecular complexity index is 1410. The SMILES string of the molecule is O=C1C(Nc2cccc3ccccc23)=C(c2ccc(F)cc2)C(=O)N1Cc1ccc(Cl)cc1. The standard InChI is InChI=1S/C27H18ClFN2O2/c28-20-12-8-17(9-13-20)16-31-26(32)24(19-10-14-21(29)15-11-19)25(27(31)33)30-23-7-3-5-18-4-1-2-6-22(18)23/h1-15,30H,16H2. The van der Waals surface area contributed by atoms with Gasteiger partial charge in [0.15, 0.2) is 0 Å². The van der Waals surface area contributed by atoms with Crippen LogP contribution in [0.2, 0.25) is 5.02 Å². The summed E-state index contributed by atoms with van der Waals surface area (Å²) in [5, 5.41) is 5.70. The van der Waals surface area contributed by atoms with Crippen molar-refractivity contribution in [1.29, 1.82) is 0 Å². The largest absolute Gasteiger partial charge is 0.350 e. The lowest BCUT2D eigenvalue weighted by molar-refractivity contribution is -0.137. The van der Waals surface area contributed by atoms with Crippen molar-refractivity contribution >= 4 is 45.4 Å². The van der Waals surface area contributed by atoms with Gasteiger partial charge in [0.25, 0.3) is 11.8 Å². The highest BCUT2D eigenvalue weighted by Gasteiger charge is 2.39. The second-order valence-corrected chi connectivity index (χ2v) is 8.17. The van der Waals surface area contributed by atoms with Crippen molar-refractivity contribution in [2.75, 3.05) is 5.32 Å². The van der Waals surface area contributed by atoms with E-state index in [1.54, 1.807) is 24.3 Å². The maximum absolute atomic E-state index is 13.6. The van der Waals surface area contributed by atoms with Crippen LogP contribution in [0.1, 0.15) is 11.1 Å². The molecule has 2 amide bonds. The number of anilines is 1. The molecule has 0 fully saturated rings. The summed E-state index contributed by atoms with van der Waals surface area (Å²) in [6, 6.07) is 26.0. The molecule has 1 heterocycles. The maximum Gasteiger partial charge on any atom is 0.278 e. The summed E-state index contributed by atoms with van der Waals surface area (Å²) in [6.07, 6.45) is 0. The van der Waals surface area contributed by atoms with E-state index in [1.165, 1.54) is 29.2 Å². The first-order chi connectivity index (χ1) is 16.0. The normalized spacial score (nSPS) is 13.8. The van der Waals surface area contributed by atoms with Crippen molar-refractivity contribution in [1.82, 2.24) is 4.90 Å². The maximum atomic E-state index is 13.6. The van der Waals surface area contributed by atoms with Gasteiger partial charge in [-0.15, -0.1) is 0 Å². The first kappa shape index (κ1) is 20.9. The van der Waals surface area contributed by atoms with Crippen molar-refractivity contribution in [3.05, 3.63) is 119 Å². The molecule has 5 rings (SSSR count). The minimum Gasteiger partial charge on any atom is -0.350 e. The lowest BCUT2D eigenvalue weighted by Gasteiger charge is -2.16. The monoisotopic (exact) mass is 456 g/mol. The van der Waals surface area contributed by atoms with E-state index in [0.29, 0.717) is 16.3 Å². The molecule has 1 aliphatic rings. The molecule has 0 unspecified atom stereocenters. The molecule has 4 aromatic rings. The van der Waals surface area contributed by atoms with E-state index in [-0.39, 0.29) is 17.8 Å². The third-order valence-corrected chi connectivity index (χ3v) is 5.86. The highest BCUT2D eigenvalue weighted by Crippen LogP contribution is 2.33. The molecule has 4 aromatic carbocycles. The highest BCUT2D eigenvalue weighted by atomic mass is 35.5. The van der Waals surface area contributed by atoms with Gasteiger partial charge in [-0.1, -0.05) is 72.3 Å². The fourth-order valence-corrected chi connectivity index (χ4v) is 4.09. The summed E-state index contributed by atoms with van der Waals surface area (Å²) < 4.78 is 13.6. The van der Waals surface area contributed by atoms with Gasteiger partial charge < -0.3 is 5.32 Å². The topological polar surface area (TPSA) is 49.4 Å². The van der Waals surface area contributed by atoms with E-state index in [9.17, 15) is 14.0 Å².